The number of carboxylic acid groups (broad SMARTS) is 1. The molecule has 2 aliphatic rings. The zero-order valence-corrected chi connectivity index (χ0v) is 7.73. The zero-order valence-electron chi connectivity index (χ0n) is 7.73. The number of hydrogen-bond acceptors (Lipinski definition) is 3. The van der Waals surface area contributed by atoms with Crippen molar-refractivity contribution in [1.82, 2.24) is 5.32 Å². The van der Waals surface area contributed by atoms with Gasteiger partial charge in [0.05, 0.1) is 25.0 Å². The van der Waals surface area contributed by atoms with Crippen LogP contribution in [-0.2, 0) is 14.3 Å². The maximum Gasteiger partial charge on any atom is 0.309 e. The summed E-state index contributed by atoms with van der Waals surface area (Å²) in [6, 6.07) is 0. The van der Waals surface area contributed by atoms with Crippen molar-refractivity contribution in [3.8, 4) is 0 Å². The van der Waals surface area contributed by atoms with Crippen molar-refractivity contribution >= 4 is 11.9 Å². The fraction of sp³-hybridized carbons (Fsp3) is 0.778. The van der Waals surface area contributed by atoms with E-state index in [1.807, 2.05) is 0 Å². The van der Waals surface area contributed by atoms with Gasteiger partial charge >= 0.3 is 5.97 Å². The van der Waals surface area contributed by atoms with E-state index in [9.17, 15) is 9.59 Å². The quantitative estimate of drug-likeness (QED) is 0.595. The Labute approximate surface area is 81.4 Å². The molecule has 0 spiro atoms. The van der Waals surface area contributed by atoms with E-state index in [1.54, 1.807) is 0 Å². The van der Waals surface area contributed by atoms with Crippen LogP contribution in [0.4, 0.5) is 0 Å². The summed E-state index contributed by atoms with van der Waals surface area (Å²) in [6.07, 6.45) is 0.747. The van der Waals surface area contributed by atoms with E-state index in [2.05, 4.69) is 5.32 Å². The second-order valence-electron chi connectivity index (χ2n) is 3.83. The van der Waals surface area contributed by atoms with Crippen LogP contribution in [0.25, 0.3) is 0 Å². The van der Waals surface area contributed by atoms with Gasteiger partial charge in [0.15, 0.2) is 0 Å². The van der Waals surface area contributed by atoms with Gasteiger partial charge in [0.1, 0.15) is 0 Å². The van der Waals surface area contributed by atoms with Crippen LogP contribution < -0.4 is 5.32 Å². The number of carboxylic acids is 1. The van der Waals surface area contributed by atoms with E-state index in [0.29, 0.717) is 13.2 Å². The Morgan fingerprint density at radius 1 is 1.50 bits per heavy atom. The number of carbonyl (C=O) groups excluding carboxylic acids is 1. The number of amides is 1. The standard InChI is InChI=1S/C9H13NO4/c11-8-6-3-14-4-7(9(12)13)5(6)1-2-10-8/h5-7H,1-4H2,(H,10,11)(H,12,13). The van der Waals surface area contributed by atoms with E-state index >= 15 is 0 Å². The molecule has 0 bridgehead atoms. The lowest BCUT2D eigenvalue weighted by molar-refractivity contribution is -0.157. The molecule has 5 heteroatoms. The van der Waals surface area contributed by atoms with E-state index < -0.39 is 11.9 Å². The van der Waals surface area contributed by atoms with Gasteiger partial charge in [0, 0.05) is 6.54 Å². The molecule has 5 nitrogen and oxygen atoms in total. The molecular formula is C9H13NO4. The van der Waals surface area contributed by atoms with Gasteiger partial charge in [-0.1, -0.05) is 0 Å². The molecule has 0 aromatic carbocycles. The molecule has 1 amide bonds. The molecule has 2 fully saturated rings. The summed E-state index contributed by atoms with van der Waals surface area (Å²) < 4.78 is 5.14. The smallest absolute Gasteiger partial charge is 0.309 e. The molecule has 3 atom stereocenters. The third kappa shape index (κ3) is 1.48. The van der Waals surface area contributed by atoms with E-state index in [-0.39, 0.29) is 24.3 Å². The molecule has 0 aromatic heterocycles. The van der Waals surface area contributed by atoms with E-state index in [1.165, 1.54) is 0 Å². The highest BCUT2D eigenvalue weighted by atomic mass is 16.5. The number of aliphatic carboxylic acids is 1. The molecule has 2 rings (SSSR count). The molecule has 2 aliphatic heterocycles. The number of piperidine rings is 1. The average molecular weight is 199 g/mol. The van der Waals surface area contributed by atoms with Crippen LogP contribution in [0.5, 0.6) is 0 Å². The molecule has 14 heavy (non-hydrogen) atoms. The third-order valence-corrected chi connectivity index (χ3v) is 3.06. The summed E-state index contributed by atoms with van der Waals surface area (Å²) in [5.41, 5.74) is 0. The molecule has 2 saturated heterocycles. The average Bonchev–Trinajstić information content (AvgIpc) is 2.17. The number of hydrogen-bond donors (Lipinski definition) is 2. The molecule has 3 unspecified atom stereocenters. The largest absolute Gasteiger partial charge is 0.481 e. The van der Waals surface area contributed by atoms with Gasteiger partial charge in [-0.15, -0.1) is 0 Å². The minimum atomic E-state index is -0.852. The van der Waals surface area contributed by atoms with Crippen molar-refractivity contribution in [2.45, 2.75) is 6.42 Å². The van der Waals surface area contributed by atoms with Crippen molar-refractivity contribution in [3.63, 3.8) is 0 Å². The van der Waals surface area contributed by atoms with Crippen molar-refractivity contribution in [3.05, 3.63) is 0 Å². The SMILES string of the molecule is O=C(O)C1COCC2C(=O)NCCC12. The van der Waals surface area contributed by atoms with Gasteiger partial charge in [-0.05, 0) is 12.3 Å². The van der Waals surface area contributed by atoms with Gasteiger partial charge < -0.3 is 15.2 Å². The number of carbonyl (C=O) groups is 2. The summed E-state index contributed by atoms with van der Waals surface area (Å²) >= 11 is 0. The number of ether oxygens (including phenoxy) is 1. The fourth-order valence-electron chi connectivity index (χ4n) is 2.27. The van der Waals surface area contributed by atoms with E-state index in [4.69, 9.17) is 9.84 Å². The van der Waals surface area contributed by atoms with Crippen LogP contribution in [0, 0.1) is 17.8 Å². The van der Waals surface area contributed by atoms with Gasteiger partial charge in [-0.25, -0.2) is 0 Å². The normalized spacial score (nSPS) is 37.1. The predicted octanol–water partition coefficient (Wildman–Crippen LogP) is -0.530. The Balaban J connectivity index is 2.15. The van der Waals surface area contributed by atoms with Gasteiger partial charge in [0.2, 0.25) is 5.91 Å². The summed E-state index contributed by atoms with van der Waals surface area (Å²) in [6.45, 7) is 1.19. The van der Waals surface area contributed by atoms with Crippen LogP contribution in [0.2, 0.25) is 0 Å². The molecule has 0 aromatic rings. The van der Waals surface area contributed by atoms with Crippen LogP contribution in [0.1, 0.15) is 6.42 Å². The molecule has 0 radical (unpaired) electrons. The van der Waals surface area contributed by atoms with Crippen molar-refractivity contribution in [2.75, 3.05) is 19.8 Å². The van der Waals surface area contributed by atoms with Gasteiger partial charge in [-0.2, -0.15) is 0 Å². The highest BCUT2D eigenvalue weighted by Gasteiger charge is 2.43. The zero-order chi connectivity index (χ0) is 10.1. The minimum Gasteiger partial charge on any atom is -0.481 e. The maximum atomic E-state index is 11.4. The fourth-order valence-corrected chi connectivity index (χ4v) is 2.27. The Morgan fingerprint density at radius 3 is 3.00 bits per heavy atom. The second-order valence-corrected chi connectivity index (χ2v) is 3.83. The predicted molar refractivity (Wildman–Crippen MR) is 46.6 cm³/mol. The monoisotopic (exact) mass is 199 g/mol. The first kappa shape index (κ1) is 9.45. The van der Waals surface area contributed by atoms with Crippen molar-refractivity contribution < 1.29 is 19.4 Å². The van der Waals surface area contributed by atoms with Gasteiger partial charge in [-0.3, -0.25) is 9.59 Å². The molecule has 0 saturated carbocycles. The minimum absolute atomic E-state index is 0.0463. The number of rotatable bonds is 1. The Hall–Kier alpha value is -1.10. The summed E-state index contributed by atoms with van der Waals surface area (Å²) in [5.74, 6) is -1.74. The van der Waals surface area contributed by atoms with Gasteiger partial charge in [0.25, 0.3) is 0 Å². The number of fused-ring (bicyclic) bond motifs is 1. The highest BCUT2D eigenvalue weighted by Crippen LogP contribution is 2.32. The second kappa shape index (κ2) is 3.57. The van der Waals surface area contributed by atoms with E-state index in [0.717, 1.165) is 6.42 Å². The summed E-state index contributed by atoms with van der Waals surface area (Å²) in [7, 11) is 0. The summed E-state index contributed by atoms with van der Waals surface area (Å²) in [4.78, 5) is 22.3. The Bertz CT molecular complexity index is 260. The lowest BCUT2D eigenvalue weighted by Gasteiger charge is -2.38. The topological polar surface area (TPSA) is 75.6 Å². The third-order valence-electron chi connectivity index (χ3n) is 3.06. The number of nitrogens with one attached hydrogen (secondary N) is 1. The Kier molecular flexibility index (Phi) is 2.41. The first-order valence-corrected chi connectivity index (χ1v) is 4.78. The first-order chi connectivity index (χ1) is 6.70. The molecule has 0 aliphatic carbocycles. The lowest BCUT2D eigenvalue weighted by Crippen LogP contribution is -2.51. The lowest BCUT2D eigenvalue weighted by atomic mass is 9.76. The highest BCUT2D eigenvalue weighted by molar-refractivity contribution is 5.81. The van der Waals surface area contributed by atoms with Crippen LogP contribution in [0.3, 0.4) is 0 Å². The van der Waals surface area contributed by atoms with Crippen LogP contribution >= 0.6 is 0 Å². The molecule has 2 heterocycles. The first-order valence-electron chi connectivity index (χ1n) is 4.78. The van der Waals surface area contributed by atoms with Crippen molar-refractivity contribution in [1.29, 1.82) is 0 Å². The van der Waals surface area contributed by atoms with Crippen molar-refractivity contribution in [2.24, 2.45) is 17.8 Å². The van der Waals surface area contributed by atoms with Crippen LogP contribution in [0.15, 0.2) is 0 Å². The summed E-state index contributed by atoms with van der Waals surface area (Å²) in [5, 5.41) is 11.7. The Morgan fingerprint density at radius 2 is 2.29 bits per heavy atom. The molecular weight excluding hydrogens is 186 g/mol. The van der Waals surface area contributed by atoms with Crippen LogP contribution in [-0.4, -0.2) is 36.7 Å². The molecule has 78 valence electrons. The maximum absolute atomic E-state index is 11.4. The molecule has 2 N–H and O–H groups in total.